The zero-order chi connectivity index (χ0) is 18.5. The van der Waals surface area contributed by atoms with Crippen molar-refractivity contribution in [2.45, 2.75) is 24.4 Å². The van der Waals surface area contributed by atoms with Gasteiger partial charge in [0, 0.05) is 11.3 Å². The maximum absolute atomic E-state index is 12.4. The van der Waals surface area contributed by atoms with Gasteiger partial charge < -0.3 is 9.47 Å². The number of methoxy groups -OCH3 is 1. The van der Waals surface area contributed by atoms with Crippen molar-refractivity contribution < 1.29 is 18.3 Å². The van der Waals surface area contributed by atoms with Gasteiger partial charge in [-0.1, -0.05) is 47.7 Å². The average molecular weight is 377 g/mol. The average Bonchev–Trinajstić information content (AvgIpc) is 3.10. The molecule has 0 aliphatic rings. The van der Waals surface area contributed by atoms with Crippen LogP contribution in [0.5, 0.6) is 11.5 Å². The van der Waals surface area contributed by atoms with Crippen molar-refractivity contribution in [2.75, 3.05) is 7.11 Å². The maximum Gasteiger partial charge on any atom is 0.387 e. The molecule has 3 rings (SSSR count). The van der Waals surface area contributed by atoms with E-state index < -0.39 is 6.61 Å². The van der Waals surface area contributed by atoms with Crippen LogP contribution < -0.4 is 9.47 Å². The molecule has 0 spiro atoms. The Kier molecular flexibility index (Phi) is 5.72. The second-order valence-corrected chi connectivity index (χ2v) is 6.43. The molecule has 0 amide bonds. The summed E-state index contributed by atoms with van der Waals surface area (Å²) in [6, 6.07) is 12.8. The van der Waals surface area contributed by atoms with Crippen LogP contribution in [0.25, 0.3) is 11.4 Å². The molecule has 0 radical (unpaired) electrons. The number of halogens is 2. The van der Waals surface area contributed by atoms with E-state index in [-0.39, 0.29) is 11.5 Å². The van der Waals surface area contributed by atoms with Gasteiger partial charge in [0.1, 0.15) is 0 Å². The first-order valence-corrected chi connectivity index (χ1v) is 8.77. The van der Waals surface area contributed by atoms with Crippen LogP contribution >= 0.6 is 11.8 Å². The highest BCUT2D eigenvalue weighted by Gasteiger charge is 2.12. The fourth-order valence-electron chi connectivity index (χ4n) is 2.29. The van der Waals surface area contributed by atoms with Gasteiger partial charge in [-0.25, -0.2) is 4.98 Å². The number of H-pyrrole nitrogens is 1. The summed E-state index contributed by atoms with van der Waals surface area (Å²) in [5.41, 5.74) is 3.02. The Hall–Kier alpha value is -2.61. The molecule has 8 heteroatoms. The second kappa shape index (κ2) is 8.18. The summed E-state index contributed by atoms with van der Waals surface area (Å²) in [6.07, 6.45) is 0. The predicted molar refractivity (Wildman–Crippen MR) is 95.7 cm³/mol. The van der Waals surface area contributed by atoms with Gasteiger partial charge in [-0.2, -0.15) is 8.78 Å². The highest BCUT2D eigenvalue weighted by Crippen LogP contribution is 2.31. The van der Waals surface area contributed by atoms with E-state index in [1.54, 1.807) is 12.1 Å². The van der Waals surface area contributed by atoms with Crippen LogP contribution in [0.4, 0.5) is 8.78 Å². The van der Waals surface area contributed by atoms with Gasteiger partial charge in [0.05, 0.1) is 7.11 Å². The summed E-state index contributed by atoms with van der Waals surface area (Å²) in [4.78, 5) is 4.47. The molecule has 0 saturated carbocycles. The summed E-state index contributed by atoms with van der Waals surface area (Å²) in [5, 5.41) is 7.73. The van der Waals surface area contributed by atoms with Crippen molar-refractivity contribution in [3.05, 3.63) is 53.6 Å². The van der Waals surface area contributed by atoms with Crippen LogP contribution in [0.2, 0.25) is 0 Å². The number of hydrogen-bond acceptors (Lipinski definition) is 5. The molecule has 1 aromatic heterocycles. The number of aryl methyl sites for hydroxylation is 1. The molecule has 0 fully saturated rings. The van der Waals surface area contributed by atoms with Crippen LogP contribution in [0.15, 0.2) is 47.6 Å². The van der Waals surface area contributed by atoms with Gasteiger partial charge in [0.2, 0.25) is 5.16 Å². The predicted octanol–water partition coefficient (Wildman–Crippen LogP) is 4.68. The normalized spacial score (nSPS) is 11.0. The first-order chi connectivity index (χ1) is 12.5. The largest absolute Gasteiger partial charge is 0.493 e. The molecule has 0 aliphatic carbocycles. The highest BCUT2D eigenvalue weighted by molar-refractivity contribution is 7.98. The van der Waals surface area contributed by atoms with Crippen molar-refractivity contribution in [1.29, 1.82) is 0 Å². The summed E-state index contributed by atoms with van der Waals surface area (Å²) in [5.74, 6) is 1.54. The SMILES string of the molecule is COc1cc(CSc2n[nH]c(-c3ccc(C)cc3)n2)ccc1OC(F)F. The number of thioether (sulfide) groups is 1. The van der Waals surface area contributed by atoms with Gasteiger partial charge >= 0.3 is 6.61 Å². The third-order valence-electron chi connectivity index (χ3n) is 3.60. The van der Waals surface area contributed by atoms with Gasteiger partial charge in [0.25, 0.3) is 0 Å². The fourth-order valence-corrected chi connectivity index (χ4v) is 3.04. The van der Waals surface area contributed by atoms with E-state index in [9.17, 15) is 8.78 Å². The minimum absolute atomic E-state index is 0.0100. The first-order valence-electron chi connectivity index (χ1n) is 7.79. The fraction of sp³-hybridized carbons (Fsp3) is 0.222. The van der Waals surface area contributed by atoms with E-state index >= 15 is 0 Å². The minimum atomic E-state index is -2.89. The number of benzene rings is 2. The number of hydrogen-bond donors (Lipinski definition) is 1. The van der Waals surface area contributed by atoms with Crippen LogP contribution in [-0.2, 0) is 5.75 Å². The van der Waals surface area contributed by atoms with Crippen molar-refractivity contribution in [1.82, 2.24) is 15.2 Å². The molecule has 1 heterocycles. The van der Waals surface area contributed by atoms with Crippen molar-refractivity contribution in [3.63, 3.8) is 0 Å². The van der Waals surface area contributed by atoms with Crippen LogP contribution in [0.3, 0.4) is 0 Å². The van der Waals surface area contributed by atoms with Crippen LogP contribution in [0.1, 0.15) is 11.1 Å². The van der Waals surface area contributed by atoms with E-state index in [0.717, 1.165) is 11.1 Å². The first kappa shape index (κ1) is 18.2. The smallest absolute Gasteiger partial charge is 0.387 e. The van der Waals surface area contributed by atoms with E-state index in [0.29, 0.717) is 16.7 Å². The molecular formula is C18H17F2N3O2S. The Morgan fingerprint density at radius 3 is 2.58 bits per heavy atom. The summed E-state index contributed by atoms with van der Waals surface area (Å²) >= 11 is 1.43. The summed E-state index contributed by atoms with van der Waals surface area (Å²) in [6.45, 7) is -0.866. The maximum atomic E-state index is 12.4. The third-order valence-corrected chi connectivity index (χ3v) is 4.52. The zero-order valence-electron chi connectivity index (χ0n) is 14.2. The molecule has 26 heavy (non-hydrogen) atoms. The molecule has 0 bridgehead atoms. The molecule has 5 nitrogen and oxygen atoms in total. The van der Waals surface area contributed by atoms with Gasteiger partial charge in [-0.3, -0.25) is 5.10 Å². The lowest BCUT2D eigenvalue weighted by molar-refractivity contribution is -0.0512. The summed E-state index contributed by atoms with van der Waals surface area (Å²) < 4.78 is 34.3. The Balaban J connectivity index is 1.66. The topological polar surface area (TPSA) is 60.0 Å². The molecule has 1 N–H and O–H groups in total. The highest BCUT2D eigenvalue weighted by atomic mass is 32.2. The Labute approximate surface area is 153 Å². The van der Waals surface area contributed by atoms with E-state index in [1.807, 2.05) is 31.2 Å². The van der Waals surface area contributed by atoms with E-state index in [2.05, 4.69) is 19.9 Å². The van der Waals surface area contributed by atoms with Crippen LogP contribution in [-0.4, -0.2) is 28.9 Å². The van der Waals surface area contributed by atoms with Gasteiger partial charge in [-0.15, -0.1) is 5.10 Å². The lowest BCUT2D eigenvalue weighted by atomic mass is 10.1. The number of rotatable bonds is 7. The number of aromatic amines is 1. The second-order valence-electron chi connectivity index (χ2n) is 5.49. The number of nitrogens with zero attached hydrogens (tertiary/aromatic N) is 2. The van der Waals surface area contributed by atoms with Gasteiger partial charge in [0.15, 0.2) is 17.3 Å². The van der Waals surface area contributed by atoms with Crippen molar-refractivity contribution in [3.8, 4) is 22.9 Å². The molecule has 0 unspecified atom stereocenters. The lowest BCUT2D eigenvalue weighted by Gasteiger charge is -2.10. The number of aromatic nitrogens is 3. The number of alkyl halides is 2. The lowest BCUT2D eigenvalue weighted by Crippen LogP contribution is -2.03. The minimum Gasteiger partial charge on any atom is -0.493 e. The molecule has 0 atom stereocenters. The van der Waals surface area contributed by atoms with E-state index in [4.69, 9.17) is 4.74 Å². The Morgan fingerprint density at radius 1 is 1.12 bits per heavy atom. The molecule has 0 aliphatic heterocycles. The Bertz CT molecular complexity index is 869. The third kappa shape index (κ3) is 4.51. The number of ether oxygens (including phenoxy) is 2. The molecule has 2 aromatic carbocycles. The van der Waals surface area contributed by atoms with Crippen molar-refractivity contribution >= 4 is 11.8 Å². The van der Waals surface area contributed by atoms with Crippen molar-refractivity contribution in [2.24, 2.45) is 0 Å². The molecule has 3 aromatic rings. The monoisotopic (exact) mass is 377 g/mol. The molecular weight excluding hydrogens is 360 g/mol. The molecule has 136 valence electrons. The zero-order valence-corrected chi connectivity index (χ0v) is 15.0. The quantitative estimate of drug-likeness (QED) is 0.606. The van der Waals surface area contributed by atoms with Crippen LogP contribution in [0, 0.1) is 6.92 Å². The van der Waals surface area contributed by atoms with E-state index in [1.165, 1.54) is 30.5 Å². The van der Waals surface area contributed by atoms with Gasteiger partial charge in [-0.05, 0) is 24.6 Å². The number of nitrogens with one attached hydrogen (secondary N) is 1. The summed E-state index contributed by atoms with van der Waals surface area (Å²) in [7, 11) is 1.41. The standard InChI is InChI=1S/C18H17F2N3O2S/c1-11-3-6-13(7-4-11)16-21-18(23-22-16)26-10-12-5-8-14(25-17(19)20)15(9-12)24-2/h3-9,17H,10H2,1-2H3,(H,21,22,23). The molecule has 0 saturated heterocycles. The Morgan fingerprint density at radius 2 is 1.88 bits per heavy atom.